The number of benzene rings is 4. The summed E-state index contributed by atoms with van der Waals surface area (Å²) >= 11 is 13.2. The van der Waals surface area contributed by atoms with Gasteiger partial charge < -0.3 is 10.2 Å². The summed E-state index contributed by atoms with van der Waals surface area (Å²) in [6, 6.07) is 29.7. The minimum Gasteiger partial charge on any atom is -0.493 e. The van der Waals surface area contributed by atoms with Crippen molar-refractivity contribution in [1.82, 2.24) is 18.8 Å². The zero-order valence-electron chi connectivity index (χ0n) is 25.4. The summed E-state index contributed by atoms with van der Waals surface area (Å²) in [5, 5.41) is 49.3. The summed E-state index contributed by atoms with van der Waals surface area (Å²) in [4.78, 5) is 12.5. The number of fused-ring (bicyclic) bond motifs is 6. The third kappa shape index (κ3) is 5.00. The van der Waals surface area contributed by atoms with Gasteiger partial charge in [-0.1, -0.05) is 59.6 Å². The lowest BCUT2D eigenvalue weighted by atomic mass is 10.1. The number of imidazole rings is 2. The van der Waals surface area contributed by atoms with Crippen LogP contribution in [0.25, 0.3) is 49.3 Å². The third-order valence-electron chi connectivity index (χ3n) is 8.03. The van der Waals surface area contributed by atoms with Gasteiger partial charge in [0.2, 0.25) is 17.4 Å². The van der Waals surface area contributed by atoms with Crippen molar-refractivity contribution in [1.29, 1.82) is 5.26 Å². The second-order valence-corrected chi connectivity index (χ2v) is 11.8. The molecule has 2 N–H and O–H groups in total. The Bertz CT molecular complexity index is 2670. The molecule has 0 saturated heterocycles. The van der Waals surface area contributed by atoms with Crippen LogP contribution in [0, 0.1) is 17.9 Å². The number of halogens is 2. The van der Waals surface area contributed by atoms with Gasteiger partial charge in [0.25, 0.3) is 0 Å². The van der Waals surface area contributed by atoms with E-state index in [1.807, 2.05) is 24.3 Å². The van der Waals surface area contributed by atoms with Gasteiger partial charge in [0.05, 0.1) is 44.2 Å². The van der Waals surface area contributed by atoms with Crippen LogP contribution in [0.4, 0.5) is 28.4 Å². The number of hydrogen-bond donors (Lipinski definition) is 2. The predicted octanol–water partition coefficient (Wildman–Crippen LogP) is 10.9. The molecular formula is C36H18Cl2N10O2. The molecule has 4 aromatic heterocycles. The van der Waals surface area contributed by atoms with Gasteiger partial charge in [-0.15, -0.1) is 20.5 Å². The highest BCUT2D eigenvalue weighted by molar-refractivity contribution is 6.34. The molecule has 8 rings (SSSR count). The molecular weight excluding hydrogens is 675 g/mol. The van der Waals surface area contributed by atoms with Crippen molar-refractivity contribution in [2.45, 2.75) is 0 Å². The van der Waals surface area contributed by atoms with Crippen LogP contribution in [-0.4, -0.2) is 29.0 Å². The number of hydrogen-bond acceptors (Lipinski definition) is 9. The molecule has 0 radical (unpaired) electrons. The maximum absolute atomic E-state index is 11.0. The van der Waals surface area contributed by atoms with Crippen LogP contribution in [0.3, 0.4) is 0 Å². The SMILES string of the molecule is [C-]#[N+]c1cc(N=Nc2ccc(-c3ccc(N=Nc4cc(C#N)c5nc6ccccc6n5c4O)c(Cl)c3)cc2Cl)c(O)n2c1nc1ccccc12. The molecule has 0 amide bonds. The van der Waals surface area contributed by atoms with Crippen LogP contribution >= 0.6 is 23.2 Å². The summed E-state index contributed by atoms with van der Waals surface area (Å²) in [6.45, 7) is 7.61. The number of nitrogens with zero attached hydrogens (tertiary/aromatic N) is 10. The van der Waals surface area contributed by atoms with Crippen LogP contribution in [0.1, 0.15) is 5.56 Å². The summed E-state index contributed by atoms with van der Waals surface area (Å²) in [7, 11) is 0. The van der Waals surface area contributed by atoms with Gasteiger partial charge in [-0.05, 0) is 71.8 Å². The molecule has 0 fully saturated rings. The number of para-hydroxylation sites is 4. The highest BCUT2D eigenvalue weighted by atomic mass is 35.5. The first-order valence-electron chi connectivity index (χ1n) is 14.8. The third-order valence-corrected chi connectivity index (χ3v) is 8.63. The molecule has 0 spiro atoms. The van der Waals surface area contributed by atoms with Crippen molar-refractivity contribution in [2.75, 3.05) is 0 Å². The predicted molar refractivity (Wildman–Crippen MR) is 190 cm³/mol. The van der Waals surface area contributed by atoms with Crippen LogP contribution in [-0.2, 0) is 0 Å². The molecule has 0 atom stereocenters. The van der Waals surface area contributed by atoms with E-state index >= 15 is 0 Å². The van der Waals surface area contributed by atoms with Crippen LogP contribution in [0.2, 0.25) is 10.0 Å². The second-order valence-electron chi connectivity index (χ2n) is 11.0. The largest absolute Gasteiger partial charge is 0.493 e. The van der Waals surface area contributed by atoms with Crippen molar-refractivity contribution in [3.05, 3.63) is 124 Å². The molecule has 50 heavy (non-hydrogen) atoms. The molecule has 4 heterocycles. The Kier molecular flexibility index (Phi) is 7.30. The zero-order chi connectivity index (χ0) is 34.5. The quantitative estimate of drug-likeness (QED) is 0.136. The molecule has 4 aromatic carbocycles. The zero-order valence-corrected chi connectivity index (χ0v) is 26.9. The lowest BCUT2D eigenvalue weighted by Gasteiger charge is -2.07. The summed E-state index contributed by atoms with van der Waals surface area (Å²) in [5.74, 6) is -0.421. The van der Waals surface area contributed by atoms with E-state index in [4.69, 9.17) is 29.8 Å². The first-order chi connectivity index (χ1) is 24.3. The molecule has 0 unspecified atom stereocenters. The minimum atomic E-state index is -0.214. The van der Waals surface area contributed by atoms with E-state index in [1.54, 1.807) is 60.7 Å². The van der Waals surface area contributed by atoms with Gasteiger partial charge in [0.1, 0.15) is 34.5 Å². The maximum Gasteiger partial charge on any atom is 0.231 e. The van der Waals surface area contributed by atoms with Gasteiger partial charge >= 0.3 is 0 Å². The average molecular weight is 694 g/mol. The van der Waals surface area contributed by atoms with Gasteiger partial charge in [0.15, 0.2) is 5.65 Å². The average Bonchev–Trinajstić information content (AvgIpc) is 3.72. The normalized spacial score (nSPS) is 11.8. The Labute approximate surface area is 291 Å². The van der Waals surface area contributed by atoms with Crippen LogP contribution < -0.4 is 0 Å². The molecule has 12 nitrogen and oxygen atoms in total. The van der Waals surface area contributed by atoms with Crippen molar-refractivity contribution < 1.29 is 10.2 Å². The van der Waals surface area contributed by atoms with Gasteiger partial charge in [-0.3, -0.25) is 8.80 Å². The van der Waals surface area contributed by atoms with E-state index in [1.165, 1.54) is 20.9 Å². The summed E-state index contributed by atoms with van der Waals surface area (Å²) in [5.41, 5.74) is 5.89. The van der Waals surface area contributed by atoms with Crippen molar-refractivity contribution in [3.8, 4) is 29.0 Å². The number of pyridine rings is 2. The Morgan fingerprint density at radius 1 is 0.640 bits per heavy atom. The summed E-state index contributed by atoms with van der Waals surface area (Å²) in [6.07, 6.45) is 0. The molecule has 8 aromatic rings. The molecule has 0 aliphatic rings. The number of rotatable bonds is 5. The van der Waals surface area contributed by atoms with E-state index in [0.29, 0.717) is 44.7 Å². The van der Waals surface area contributed by atoms with E-state index < -0.39 is 0 Å². The maximum atomic E-state index is 11.0. The van der Waals surface area contributed by atoms with Crippen molar-refractivity contribution in [2.24, 2.45) is 20.5 Å². The highest BCUT2D eigenvalue weighted by Crippen LogP contribution is 2.40. The monoisotopic (exact) mass is 692 g/mol. The van der Waals surface area contributed by atoms with E-state index in [2.05, 4.69) is 41.3 Å². The highest BCUT2D eigenvalue weighted by Gasteiger charge is 2.18. The van der Waals surface area contributed by atoms with E-state index in [0.717, 1.165) is 11.1 Å². The second kappa shape index (κ2) is 12.0. The van der Waals surface area contributed by atoms with E-state index in [9.17, 15) is 15.5 Å². The van der Waals surface area contributed by atoms with Crippen LogP contribution in [0.5, 0.6) is 11.8 Å². The number of azo groups is 2. The smallest absolute Gasteiger partial charge is 0.231 e. The fourth-order valence-electron chi connectivity index (χ4n) is 5.65. The first kappa shape index (κ1) is 30.5. The van der Waals surface area contributed by atoms with Crippen molar-refractivity contribution >= 4 is 85.0 Å². The molecule has 0 saturated carbocycles. The standard InChI is InChI=1S/C36H18Cl2N10O2/c1-40-28-17-30(36(50)48-32-9-5-3-7-27(32)42-34(28)48)46-44-25-13-11-20(15-23(25)38)19-10-12-24(22(37)14-19)43-45-29-16-21(18-39)33-41-26-6-2-4-8-31(26)47(33)35(29)49/h2-17,49-50H. The molecule has 238 valence electrons. The summed E-state index contributed by atoms with van der Waals surface area (Å²) < 4.78 is 2.94. The first-order valence-corrected chi connectivity index (χ1v) is 15.6. The van der Waals surface area contributed by atoms with Crippen molar-refractivity contribution in [3.63, 3.8) is 0 Å². The lowest BCUT2D eigenvalue weighted by molar-refractivity contribution is 0.449. The van der Waals surface area contributed by atoms with Crippen LogP contribution in [0.15, 0.2) is 118 Å². The van der Waals surface area contributed by atoms with E-state index in [-0.39, 0.29) is 44.4 Å². The Morgan fingerprint density at radius 2 is 1.12 bits per heavy atom. The fourth-order valence-corrected chi connectivity index (χ4v) is 6.09. The Balaban J connectivity index is 1.07. The fraction of sp³-hybridized carbons (Fsp3) is 0. The Hall–Kier alpha value is -6.86. The molecule has 0 aliphatic carbocycles. The Morgan fingerprint density at radius 3 is 1.64 bits per heavy atom. The van der Waals surface area contributed by atoms with Gasteiger partial charge in [0, 0.05) is 0 Å². The number of nitriles is 1. The van der Waals surface area contributed by atoms with Gasteiger partial charge in [-0.25, -0.2) is 14.8 Å². The molecule has 0 aliphatic heterocycles. The lowest BCUT2D eigenvalue weighted by Crippen LogP contribution is -1.90. The molecule has 0 bridgehead atoms. The minimum absolute atomic E-state index is 0.0748. The molecule has 14 heteroatoms. The van der Waals surface area contributed by atoms with Gasteiger partial charge in [-0.2, -0.15) is 5.26 Å². The topological polar surface area (TPSA) is 153 Å². The number of aromatic nitrogens is 4. The number of aromatic hydroxyl groups is 2.